The lowest BCUT2D eigenvalue weighted by Gasteiger charge is -2.05. The maximum absolute atomic E-state index is 11.2. The van der Waals surface area contributed by atoms with Crippen LogP contribution in [0.15, 0.2) is 59.9 Å². The van der Waals surface area contributed by atoms with E-state index >= 15 is 0 Å². The molecule has 5 nitrogen and oxygen atoms in total. The zero-order valence-electron chi connectivity index (χ0n) is 12.9. The lowest BCUT2D eigenvalue weighted by molar-refractivity contribution is -0.140. The maximum Gasteiger partial charge on any atom is 0.332 e. The van der Waals surface area contributed by atoms with Gasteiger partial charge in [0.25, 0.3) is 0 Å². The van der Waals surface area contributed by atoms with E-state index in [0.717, 1.165) is 22.0 Å². The second-order valence-electron chi connectivity index (χ2n) is 5.24. The quantitative estimate of drug-likeness (QED) is 0.459. The highest BCUT2D eigenvalue weighted by Crippen LogP contribution is 2.27. The molecule has 0 aliphatic rings. The van der Waals surface area contributed by atoms with Crippen LogP contribution >= 0.6 is 0 Å². The Morgan fingerprint density at radius 2 is 1.91 bits per heavy atom. The van der Waals surface area contributed by atoms with Crippen molar-refractivity contribution in [1.82, 2.24) is 4.57 Å². The van der Waals surface area contributed by atoms with Crippen LogP contribution in [0.3, 0.4) is 0 Å². The number of phenols is 1. The molecule has 0 radical (unpaired) electrons. The average molecular weight is 308 g/mol. The van der Waals surface area contributed by atoms with Gasteiger partial charge in [-0.3, -0.25) is 0 Å². The number of phenolic OH excluding ortho intramolecular Hbond substituents is 1. The molecule has 0 bridgehead atoms. The van der Waals surface area contributed by atoms with Gasteiger partial charge in [0.15, 0.2) is 0 Å². The first-order valence-electron chi connectivity index (χ1n) is 7.15. The van der Waals surface area contributed by atoms with Crippen molar-refractivity contribution in [2.45, 2.75) is 6.92 Å². The van der Waals surface area contributed by atoms with Gasteiger partial charge in [0.1, 0.15) is 11.5 Å². The molecule has 0 saturated carbocycles. The lowest BCUT2D eigenvalue weighted by Crippen LogP contribution is -2.05. The number of fused-ring (bicyclic) bond motifs is 1. The topological polar surface area (TPSA) is 63.8 Å². The third-order valence-electron chi connectivity index (χ3n) is 3.54. The van der Waals surface area contributed by atoms with Crippen LogP contribution in [0.2, 0.25) is 0 Å². The van der Waals surface area contributed by atoms with E-state index in [2.05, 4.69) is 5.16 Å². The van der Waals surface area contributed by atoms with Crippen molar-refractivity contribution in [2.75, 3.05) is 0 Å². The summed E-state index contributed by atoms with van der Waals surface area (Å²) < 4.78 is 1.94. The van der Waals surface area contributed by atoms with Gasteiger partial charge >= 0.3 is 5.97 Å². The molecule has 1 heterocycles. The summed E-state index contributed by atoms with van der Waals surface area (Å²) in [5.74, 6) is -0.314. The summed E-state index contributed by atoms with van der Waals surface area (Å²) in [7, 11) is 1.91. The molecule has 5 heteroatoms. The zero-order valence-corrected chi connectivity index (χ0v) is 12.9. The molecule has 1 aromatic heterocycles. The molecule has 2 aromatic carbocycles. The molecular weight excluding hydrogens is 292 g/mol. The summed E-state index contributed by atoms with van der Waals surface area (Å²) in [5, 5.41) is 14.7. The Morgan fingerprint density at radius 3 is 2.61 bits per heavy atom. The number of carbonyl (C=O) groups excluding carboxylic acids is 1. The Hall–Kier alpha value is -3.08. The minimum atomic E-state index is -0.485. The fourth-order valence-electron chi connectivity index (χ4n) is 2.53. The predicted octanol–water partition coefficient (Wildman–Crippen LogP) is 3.20. The molecule has 0 aliphatic heterocycles. The van der Waals surface area contributed by atoms with Crippen LogP contribution in [0.25, 0.3) is 10.9 Å². The number of aryl methyl sites for hydroxylation is 1. The van der Waals surface area contributed by atoms with Gasteiger partial charge in [-0.1, -0.05) is 35.5 Å². The molecule has 0 aliphatic carbocycles. The molecule has 0 fully saturated rings. The number of rotatable bonds is 3. The SMILES string of the molecule is CC(=O)O/N=C(\c1ccccc1)c1cn(C)c2ccc(O)cc12. The van der Waals surface area contributed by atoms with Crippen LogP contribution in [0.1, 0.15) is 18.1 Å². The summed E-state index contributed by atoms with van der Waals surface area (Å²) in [6.07, 6.45) is 1.90. The van der Waals surface area contributed by atoms with Crippen molar-refractivity contribution in [1.29, 1.82) is 0 Å². The van der Waals surface area contributed by atoms with Gasteiger partial charge in [-0.25, -0.2) is 4.79 Å². The standard InChI is InChI=1S/C18H16N2O3/c1-12(21)23-19-18(13-6-4-3-5-7-13)16-11-20(2)17-9-8-14(22)10-15(16)17/h3-11,22H,1-2H3/b19-18+. The molecular formula is C18H16N2O3. The first kappa shape index (κ1) is 14.8. The Kier molecular flexibility index (Phi) is 3.85. The fraction of sp³-hybridized carbons (Fsp3) is 0.111. The summed E-state index contributed by atoms with van der Waals surface area (Å²) in [4.78, 5) is 16.0. The van der Waals surface area contributed by atoms with E-state index in [1.165, 1.54) is 6.92 Å². The molecule has 0 unspecified atom stereocenters. The highest BCUT2D eigenvalue weighted by molar-refractivity contribution is 6.19. The molecule has 0 atom stereocenters. The van der Waals surface area contributed by atoms with Gasteiger partial charge in [0, 0.05) is 42.2 Å². The third kappa shape index (κ3) is 2.94. The highest BCUT2D eigenvalue weighted by Gasteiger charge is 2.16. The maximum atomic E-state index is 11.2. The molecule has 3 rings (SSSR count). The van der Waals surface area contributed by atoms with Crippen LogP contribution in [-0.2, 0) is 16.7 Å². The molecule has 0 saturated heterocycles. The van der Waals surface area contributed by atoms with Crippen LogP contribution in [0.4, 0.5) is 0 Å². The molecule has 23 heavy (non-hydrogen) atoms. The van der Waals surface area contributed by atoms with Crippen molar-refractivity contribution in [3.63, 3.8) is 0 Å². The van der Waals surface area contributed by atoms with E-state index in [4.69, 9.17) is 4.84 Å². The number of hydrogen-bond acceptors (Lipinski definition) is 4. The first-order valence-corrected chi connectivity index (χ1v) is 7.15. The number of oxime groups is 1. The average Bonchev–Trinajstić information content (AvgIpc) is 2.85. The molecule has 1 N–H and O–H groups in total. The molecule has 116 valence electrons. The smallest absolute Gasteiger partial charge is 0.332 e. The van der Waals surface area contributed by atoms with Gasteiger partial charge in [0.2, 0.25) is 0 Å². The van der Waals surface area contributed by atoms with Gasteiger partial charge in [-0.05, 0) is 18.2 Å². The predicted molar refractivity (Wildman–Crippen MR) is 88.4 cm³/mol. The Morgan fingerprint density at radius 1 is 1.17 bits per heavy atom. The number of aromatic nitrogens is 1. The second kappa shape index (κ2) is 5.96. The summed E-state index contributed by atoms with van der Waals surface area (Å²) in [6, 6.07) is 14.6. The highest BCUT2D eigenvalue weighted by atomic mass is 16.7. The Labute approximate surface area is 133 Å². The van der Waals surface area contributed by atoms with Gasteiger partial charge in [-0.15, -0.1) is 0 Å². The minimum absolute atomic E-state index is 0.171. The van der Waals surface area contributed by atoms with E-state index in [9.17, 15) is 9.90 Å². The zero-order chi connectivity index (χ0) is 16.4. The first-order chi connectivity index (χ1) is 11.1. The van der Waals surface area contributed by atoms with Crippen LogP contribution in [-0.4, -0.2) is 21.4 Å². The largest absolute Gasteiger partial charge is 0.508 e. The molecule has 3 aromatic rings. The van der Waals surface area contributed by atoms with Crippen LogP contribution < -0.4 is 0 Å². The van der Waals surface area contributed by atoms with Gasteiger partial charge < -0.3 is 14.5 Å². The number of benzene rings is 2. The van der Waals surface area contributed by atoms with Crippen LogP contribution in [0.5, 0.6) is 5.75 Å². The lowest BCUT2D eigenvalue weighted by atomic mass is 10.0. The van der Waals surface area contributed by atoms with Crippen molar-refractivity contribution in [3.05, 3.63) is 65.9 Å². The molecule has 0 amide bonds. The van der Waals surface area contributed by atoms with E-state index in [0.29, 0.717) is 5.71 Å². The van der Waals surface area contributed by atoms with Crippen LogP contribution in [0, 0.1) is 0 Å². The van der Waals surface area contributed by atoms with Crippen molar-refractivity contribution >= 4 is 22.6 Å². The van der Waals surface area contributed by atoms with Gasteiger partial charge in [-0.2, -0.15) is 0 Å². The van der Waals surface area contributed by atoms with E-state index in [1.807, 2.05) is 54.2 Å². The van der Waals surface area contributed by atoms with Crippen molar-refractivity contribution in [2.24, 2.45) is 12.2 Å². The Balaban J connectivity index is 2.23. The van der Waals surface area contributed by atoms with Crippen molar-refractivity contribution in [3.8, 4) is 5.75 Å². The summed E-state index contributed by atoms with van der Waals surface area (Å²) >= 11 is 0. The van der Waals surface area contributed by atoms with E-state index in [1.54, 1.807) is 12.1 Å². The number of carbonyl (C=O) groups is 1. The third-order valence-corrected chi connectivity index (χ3v) is 3.54. The Bertz CT molecular complexity index is 895. The normalized spacial score (nSPS) is 11.7. The van der Waals surface area contributed by atoms with E-state index < -0.39 is 5.97 Å². The van der Waals surface area contributed by atoms with Gasteiger partial charge in [0.05, 0.1) is 0 Å². The number of hydrogen-bond donors (Lipinski definition) is 1. The van der Waals surface area contributed by atoms with Crippen molar-refractivity contribution < 1.29 is 14.7 Å². The summed E-state index contributed by atoms with van der Waals surface area (Å²) in [5.41, 5.74) is 3.09. The number of aromatic hydroxyl groups is 1. The van der Waals surface area contributed by atoms with E-state index in [-0.39, 0.29) is 5.75 Å². The fourth-order valence-corrected chi connectivity index (χ4v) is 2.53. The number of nitrogens with zero attached hydrogens (tertiary/aromatic N) is 2. The second-order valence-corrected chi connectivity index (χ2v) is 5.24. The summed E-state index contributed by atoms with van der Waals surface area (Å²) in [6.45, 7) is 1.31. The minimum Gasteiger partial charge on any atom is -0.508 e. The monoisotopic (exact) mass is 308 g/mol. The molecule has 0 spiro atoms.